The molecule has 0 bridgehead atoms. The van der Waals surface area contributed by atoms with Crippen LogP contribution in [0, 0.1) is 5.82 Å². The molecule has 7 nitrogen and oxygen atoms in total. The lowest BCUT2D eigenvalue weighted by atomic mass is 9.86. The lowest BCUT2D eigenvalue weighted by molar-refractivity contribution is -0.149. The topological polar surface area (TPSA) is 85.6 Å². The predicted octanol–water partition coefficient (Wildman–Crippen LogP) is 2.04. The van der Waals surface area contributed by atoms with Crippen LogP contribution in [-0.2, 0) is 0 Å². The minimum Gasteiger partial charge on any atom is -0.497 e. The third-order valence-corrected chi connectivity index (χ3v) is 6.79. The molecule has 0 radical (unpaired) electrons. The Bertz CT molecular complexity index is 902. The number of β-amino-alcohol motifs (C(OH)–C–C–N with tert-alkyl or cyclic N) is 2. The van der Waals surface area contributed by atoms with E-state index in [1.807, 2.05) is 29.2 Å². The van der Waals surface area contributed by atoms with Crippen molar-refractivity contribution >= 4 is 5.69 Å². The number of rotatable bonds is 7. The predicted molar refractivity (Wildman–Crippen MR) is 123 cm³/mol. The minimum atomic E-state index is -1.47. The Morgan fingerprint density at radius 2 is 1.61 bits per heavy atom. The Morgan fingerprint density at radius 3 is 2.24 bits per heavy atom. The van der Waals surface area contributed by atoms with Crippen LogP contribution in [0.1, 0.15) is 19.3 Å². The van der Waals surface area contributed by atoms with Gasteiger partial charge in [0.05, 0.1) is 18.8 Å². The molecule has 2 fully saturated rings. The van der Waals surface area contributed by atoms with Crippen molar-refractivity contribution < 1.29 is 29.2 Å². The lowest BCUT2D eigenvalue weighted by Crippen LogP contribution is -2.62. The highest BCUT2D eigenvalue weighted by atomic mass is 19.1. The van der Waals surface area contributed by atoms with E-state index in [9.17, 15) is 19.7 Å². The smallest absolute Gasteiger partial charge is 0.137 e. The van der Waals surface area contributed by atoms with E-state index in [1.54, 1.807) is 7.11 Å². The average molecular weight is 461 g/mol. The summed E-state index contributed by atoms with van der Waals surface area (Å²) in [7, 11) is 1.64. The van der Waals surface area contributed by atoms with Gasteiger partial charge in [-0.2, -0.15) is 0 Å². The molecule has 0 spiro atoms. The van der Waals surface area contributed by atoms with Crippen LogP contribution in [0.4, 0.5) is 10.1 Å². The SMILES string of the molecule is COc1ccc(N2CCC(O)(CN3CC[C@H](O)[C@@](O)(COc4ccc(F)cc4)C3)CC2)cc1. The maximum absolute atomic E-state index is 13.1. The molecule has 2 heterocycles. The quantitative estimate of drug-likeness (QED) is 0.583. The van der Waals surface area contributed by atoms with Crippen LogP contribution < -0.4 is 14.4 Å². The molecular formula is C25H33FN2O5. The summed E-state index contributed by atoms with van der Waals surface area (Å²) in [5.74, 6) is 0.880. The van der Waals surface area contributed by atoms with Crippen molar-refractivity contribution in [3.63, 3.8) is 0 Å². The van der Waals surface area contributed by atoms with E-state index >= 15 is 0 Å². The van der Waals surface area contributed by atoms with Gasteiger partial charge in [0.2, 0.25) is 0 Å². The summed E-state index contributed by atoms with van der Waals surface area (Å²) in [6.45, 7) is 2.56. The first-order valence-corrected chi connectivity index (χ1v) is 11.4. The number of likely N-dealkylation sites (tertiary alicyclic amines) is 1. The molecule has 2 saturated heterocycles. The van der Waals surface area contributed by atoms with E-state index in [1.165, 1.54) is 24.3 Å². The van der Waals surface area contributed by atoms with E-state index in [4.69, 9.17) is 9.47 Å². The summed E-state index contributed by atoms with van der Waals surface area (Å²) in [6.07, 6.45) is 0.684. The molecule has 33 heavy (non-hydrogen) atoms. The second-order valence-electron chi connectivity index (χ2n) is 9.27. The molecule has 2 aromatic carbocycles. The van der Waals surface area contributed by atoms with E-state index in [0.29, 0.717) is 38.1 Å². The molecule has 2 atom stereocenters. The van der Waals surface area contributed by atoms with Crippen LogP contribution in [0.2, 0.25) is 0 Å². The molecule has 180 valence electrons. The molecular weight excluding hydrogens is 427 g/mol. The second kappa shape index (κ2) is 9.85. The van der Waals surface area contributed by atoms with E-state index in [-0.39, 0.29) is 19.0 Å². The van der Waals surface area contributed by atoms with Gasteiger partial charge >= 0.3 is 0 Å². The number of ether oxygens (including phenoxy) is 2. The molecule has 2 aliphatic rings. The molecule has 0 saturated carbocycles. The number of aliphatic hydroxyl groups excluding tert-OH is 1. The maximum Gasteiger partial charge on any atom is 0.137 e. The van der Waals surface area contributed by atoms with Crippen LogP contribution >= 0.6 is 0 Å². The van der Waals surface area contributed by atoms with Crippen molar-refractivity contribution in [3.05, 3.63) is 54.3 Å². The van der Waals surface area contributed by atoms with Gasteiger partial charge in [-0.05, 0) is 67.8 Å². The summed E-state index contributed by atoms with van der Waals surface area (Å²) >= 11 is 0. The van der Waals surface area contributed by atoms with Gasteiger partial charge in [-0.3, -0.25) is 4.90 Å². The summed E-state index contributed by atoms with van der Waals surface area (Å²) in [4.78, 5) is 4.25. The molecule has 8 heteroatoms. The van der Waals surface area contributed by atoms with Crippen LogP contribution in [0.5, 0.6) is 11.5 Å². The molecule has 2 aromatic rings. The molecule has 0 aromatic heterocycles. The fourth-order valence-electron chi connectivity index (χ4n) is 4.71. The van der Waals surface area contributed by atoms with E-state index in [0.717, 1.165) is 24.5 Å². The van der Waals surface area contributed by atoms with Gasteiger partial charge in [0, 0.05) is 38.4 Å². The summed E-state index contributed by atoms with van der Waals surface area (Å²) in [6, 6.07) is 13.5. The summed E-state index contributed by atoms with van der Waals surface area (Å²) in [5.41, 5.74) is -1.22. The van der Waals surface area contributed by atoms with Gasteiger partial charge in [-0.1, -0.05) is 0 Å². The number of benzene rings is 2. The fraction of sp³-hybridized carbons (Fsp3) is 0.520. The highest BCUT2D eigenvalue weighted by molar-refractivity contribution is 5.49. The van der Waals surface area contributed by atoms with Crippen molar-refractivity contribution in [3.8, 4) is 11.5 Å². The van der Waals surface area contributed by atoms with Gasteiger partial charge in [-0.25, -0.2) is 4.39 Å². The van der Waals surface area contributed by atoms with Crippen LogP contribution in [0.15, 0.2) is 48.5 Å². The molecule has 0 amide bonds. The van der Waals surface area contributed by atoms with Crippen LogP contribution in [-0.4, -0.2) is 84.0 Å². The van der Waals surface area contributed by atoms with Crippen molar-refractivity contribution in [1.29, 1.82) is 0 Å². The number of piperidine rings is 2. The minimum absolute atomic E-state index is 0.111. The lowest BCUT2D eigenvalue weighted by Gasteiger charge is -2.46. The Kier molecular flexibility index (Phi) is 7.09. The van der Waals surface area contributed by atoms with Gasteiger partial charge in [0.15, 0.2) is 0 Å². The highest BCUT2D eigenvalue weighted by Gasteiger charge is 2.44. The maximum atomic E-state index is 13.1. The van der Waals surface area contributed by atoms with Crippen LogP contribution in [0.25, 0.3) is 0 Å². The van der Waals surface area contributed by atoms with Gasteiger partial charge in [-0.15, -0.1) is 0 Å². The van der Waals surface area contributed by atoms with E-state index < -0.39 is 17.3 Å². The molecule has 0 aliphatic carbocycles. The van der Waals surface area contributed by atoms with Gasteiger partial charge in [0.1, 0.15) is 29.5 Å². The molecule has 0 unspecified atom stereocenters. The molecule has 3 N–H and O–H groups in total. The zero-order chi connectivity index (χ0) is 23.5. The third-order valence-electron chi connectivity index (χ3n) is 6.79. The van der Waals surface area contributed by atoms with Crippen molar-refractivity contribution in [2.24, 2.45) is 0 Å². The largest absolute Gasteiger partial charge is 0.497 e. The standard InChI is InChI=1S/C25H33FN2O5/c1-32-21-8-4-20(5-9-21)28-14-11-24(30,12-15-28)16-27-13-10-23(29)25(31,17-27)18-33-22-6-2-19(26)3-7-22/h2-9,23,29-31H,10-18H2,1H3/t23-,25-/m0/s1. The number of aliphatic hydroxyl groups is 3. The second-order valence-corrected chi connectivity index (χ2v) is 9.27. The van der Waals surface area contributed by atoms with Gasteiger partial charge in [0.25, 0.3) is 0 Å². The monoisotopic (exact) mass is 460 g/mol. The molecule has 4 rings (SSSR count). The zero-order valence-electron chi connectivity index (χ0n) is 19.0. The molecule has 2 aliphatic heterocycles. The first-order valence-electron chi connectivity index (χ1n) is 11.4. The highest BCUT2D eigenvalue weighted by Crippen LogP contribution is 2.31. The first-order chi connectivity index (χ1) is 15.8. The Morgan fingerprint density at radius 1 is 0.970 bits per heavy atom. The van der Waals surface area contributed by atoms with Crippen molar-refractivity contribution in [1.82, 2.24) is 4.90 Å². The third kappa shape index (κ3) is 5.76. The average Bonchev–Trinajstić information content (AvgIpc) is 2.82. The van der Waals surface area contributed by atoms with Crippen molar-refractivity contribution in [2.75, 3.05) is 51.3 Å². The van der Waals surface area contributed by atoms with Crippen LogP contribution in [0.3, 0.4) is 0 Å². The Balaban J connectivity index is 1.31. The Labute approximate surface area is 194 Å². The number of halogens is 1. The van der Waals surface area contributed by atoms with Gasteiger partial charge < -0.3 is 29.7 Å². The van der Waals surface area contributed by atoms with E-state index in [2.05, 4.69) is 4.90 Å². The number of nitrogens with zero attached hydrogens (tertiary/aromatic N) is 2. The van der Waals surface area contributed by atoms with Crippen molar-refractivity contribution in [2.45, 2.75) is 36.6 Å². The number of hydrogen-bond acceptors (Lipinski definition) is 7. The first kappa shape index (κ1) is 23.8. The number of methoxy groups -OCH3 is 1. The zero-order valence-corrected chi connectivity index (χ0v) is 19.0. The fourth-order valence-corrected chi connectivity index (χ4v) is 4.71. The summed E-state index contributed by atoms with van der Waals surface area (Å²) in [5, 5.41) is 32.8. The number of anilines is 1. The Hall–Kier alpha value is -2.39. The number of hydrogen-bond donors (Lipinski definition) is 3. The normalized spacial score (nSPS) is 25.6. The summed E-state index contributed by atoms with van der Waals surface area (Å²) < 4.78 is 24.0.